The van der Waals surface area contributed by atoms with E-state index in [2.05, 4.69) is 17.4 Å². The number of hydrogen-bond acceptors (Lipinski definition) is 3. The molecule has 1 N–H and O–H groups in total. The number of rotatable bonds is 2. The Morgan fingerprint density at radius 1 is 1.15 bits per heavy atom. The molecule has 0 aliphatic carbocycles. The number of benzene rings is 2. The van der Waals surface area contributed by atoms with Crippen LogP contribution in [0.5, 0.6) is 5.75 Å². The first-order valence-electron chi connectivity index (χ1n) is 6.37. The lowest BCUT2D eigenvalue weighted by molar-refractivity contribution is 0.415. The lowest BCUT2D eigenvalue weighted by atomic mass is 10.1. The van der Waals surface area contributed by atoms with Gasteiger partial charge in [0.15, 0.2) is 0 Å². The molecule has 0 amide bonds. The van der Waals surface area contributed by atoms with Gasteiger partial charge in [0, 0.05) is 12.5 Å². The molecule has 4 heteroatoms. The summed E-state index contributed by atoms with van der Waals surface area (Å²) in [5, 5.41) is 3.23. The highest BCUT2D eigenvalue weighted by atomic mass is 32.1. The van der Waals surface area contributed by atoms with Crippen LogP contribution < -0.4 is 10.1 Å². The van der Waals surface area contributed by atoms with Crippen LogP contribution in [0.15, 0.2) is 53.5 Å². The molecule has 2 aromatic carbocycles. The molecule has 1 aliphatic heterocycles. The quantitative estimate of drug-likeness (QED) is 0.846. The van der Waals surface area contributed by atoms with E-state index in [-0.39, 0.29) is 0 Å². The van der Waals surface area contributed by atoms with Crippen LogP contribution in [0.1, 0.15) is 12.0 Å². The second-order valence-corrected chi connectivity index (χ2v) is 5.03. The molecule has 0 unspecified atom stereocenters. The molecule has 0 saturated heterocycles. The maximum absolute atomic E-state index is 5.39. The standard InChI is InChI=1S/C16H14N2OS/c1-19-12-7-8-13-15(9-12)18-16(20)10-14(17-13)11-5-3-2-4-6-11/h2-9H,10H2,1H3,(H,18,20). The van der Waals surface area contributed by atoms with Crippen molar-refractivity contribution in [3.63, 3.8) is 0 Å². The lowest BCUT2D eigenvalue weighted by Crippen LogP contribution is -2.12. The minimum atomic E-state index is 0.635. The summed E-state index contributed by atoms with van der Waals surface area (Å²) in [6.45, 7) is 0. The van der Waals surface area contributed by atoms with Crippen molar-refractivity contribution in [3.05, 3.63) is 54.1 Å². The van der Waals surface area contributed by atoms with Crippen LogP contribution in [0, 0.1) is 0 Å². The van der Waals surface area contributed by atoms with Gasteiger partial charge in [-0.25, -0.2) is 0 Å². The SMILES string of the molecule is COc1ccc2c(c1)NC(=S)CC(c1ccccc1)=N2. The minimum absolute atomic E-state index is 0.635. The van der Waals surface area contributed by atoms with Gasteiger partial charge in [0.2, 0.25) is 0 Å². The summed E-state index contributed by atoms with van der Waals surface area (Å²) >= 11 is 5.39. The Morgan fingerprint density at radius 2 is 1.95 bits per heavy atom. The van der Waals surface area contributed by atoms with Gasteiger partial charge in [-0.1, -0.05) is 42.5 Å². The Labute approximate surface area is 123 Å². The second kappa shape index (κ2) is 5.43. The number of anilines is 1. The van der Waals surface area contributed by atoms with Crippen molar-refractivity contribution >= 4 is 34.3 Å². The third-order valence-corrected chi connectivity index (χ3v) is 3.41. The van der Waals surface area contributed by atoms with Crippen molar-refractivity contribution in [1.29, 1.82) is 0 Å². The van der Waals surface area contributed by atoms with Gasteiger partial charge >= 0.3 is 0 Å². The van der Waals surface area contributed by atoms with E-state index in [0.717, 1.165) is 33.4 Å². The summed E-state index contributed by atoms with van der Waals surface area (Å²) in [6, 6.07) is 15.9. The van der Waals surface area contributed by atoms with Crippen molar-refractivity contribution in [3.8, 4) is 5.75 Å². The van der Waals surface area contributed by atoms with E-state index in [1.54, 1.807) is 7.11 Å². The van der Waals surface area contributed by atoms with E-state index in [0.29, 0.717) is 6.42 Å². The van der Waals surface area contributed by atoms with Crippen LogP contribution in [0.4, 0.5) is 11.4 Å². The monoisotopic (exact) mass is 282 g/mol. The van der Waals surface area contributed by atoms with E-state index in [1.165, 1.54) is 0 Å². The summed E-state index contributed by atoms with van der Waals surface area (Å²) in [5.41, 5.74) is 3.84. The summed E-state index contributed by atoms with van der Waals surface area (Å²) in [4.78, 5) is 5.51. The van der Waals surface area contributed by atoms with E-state index in [4.69, 9.17) is 21.9 Å². The number of fused-ring (bicyclic) bond motifs is 1. The van der Waals surface area contributed by atoms with Gasteiger partial charge in [0.1, 0.15) is 5.75 Å². The number of ether oxygens (including phenoxy) is 1. The molecule has 100 valence electrons. The molecule has 2 aromatic rings. The topological polar surface area (TPSA) is 33.6 Å². The summed E-state index contributed by atoms with van der Waals surface area (Å²) in [5.74, 6) is 0.789. The number of methoxy groups -OCH3 is 1. The van der Waals surface area contributed by atoms with Crippen LogP contribution in [0.25, 0.3) is 0 Å². The zero-order chi connectivity index (χ0) is 13.9. The van der Waals surface area contributed by atoms with Gasteiger partial charge in [0.05, 0.1) is 29.2 Å². The molecule has 1 heterocycles. The molecule has 0 fully saturated rings. The van der Waals surface area contributed by atoms with Crippen LogP contribution in [-0.4, -0.2) is 17.8 Å². The van der Waals surface area contributed by atoms with E-state index < -0.39 is 0 Å². The highest BCUT2D eigenvalue weighted by Gasteiger charge is 2.15. The predicted molar refractivity (Wildman–Crippen MR) is 86.5 cm³/mol. The minimum Gasteiger partial charge on any atom is -0.497 e. The average Bonchev–Trinajstić information content (AvgIpc) is 2.65. The molecule has 20 heavy (non-hydrogen) atoms. The fraction of sp³-hybridized carbons (Fsp3) is 0.125. The molecular weight excluding hydrogens is 268 g/mol. The Bertz CT molecular complexity index is 680. The highest BCUT2D eigenvalue weighted by molar-refractivity contribution is 7.80. The van der Waals surface area contributed by atoms with Gasteiger partial charge in [-0.2, -0.15) is 0 Å². The largest absolute Gasteiger partial charge is 0.497 e. The smallest absolute Gasteiger partial charge is 0.121 e. The number of thiocarbonyl (C=S) groups is 1. The Kier molecular flexibility index (Phi) is 3.48. The molecule has 0 atom stereocenters. The molecule has 0 bridgehead atoms. The first-order chi connectivity index (χ1) is 9.76. The first kappa shape index (κ1) is 12.8. The molecule has 0 spiro atoms. The molecule has 0 radical (unpaired) electrons. The molecule has 3 rings (SSSR count). The summed E-state index contributed by atoms with van der Waals surface area (Å²) < 4.78 is 5.24. The third-order valence-electron chi connectivity index (χ3n) is 3.17. The van der Waals surface area contributed by atoms with Crippen LogP contribution in [-0.2, 0) is 0 Å². The zero-order valence-electron chi connectivity index (χ0n) is 11.1. The van der Waals surface area contributed by atoms with Crippen molar-refractivity contribution < 1.29 is 4.74 Å². The zero-order valence-corrected chi connectivity index (χ0v) is 11.9. The van der Waals surface area contributed by atoms with E-state index in [1.807, 2.05) is 36.4 Å². The molecular formula is C16H14N2OS. The molecule has 0 aromatic heterocycles. The van der Waals surface area contributed by atoms with Crippen molar-refractivity contribution in [2.24, 2.45) is 4.99 Å². The van der Waals surface area contributed by atoms with Gasteiger partial charge in [-0.05, 0) is 17.7 Å². The predicted octanol–water partition coefficient (Wildman–Crippen LogP) is 3.96. The Morgan fingerprint density at radius 3 is 2.70 bits per heavy atom. The Hall–Kier alpha value is -2.20. The molecule has 0 saturated carbocycles. The maximum Gasteiger partial charge on any atom is 0.121 e. The van der Waals surface area contributed by atoms with Crippen molar-refractivity contribution in [2.75, 3.05) is 12.4 Å². The maximum atomic E-state index is 5.39. The first-order valence-corrected chi connectivity index (χ1v) is 6.78. The van der Waals surface area contributed by atoms with Gasteiger partial charge in [-0.15, -0.1) is 0 Å². The summed E-state index contributed by atoms with van der Waals surface area (Å²) in [6.07, 6.45) is 0.635. The summed E-state index contributed by atoms with van der Waals surface area (Å²) in [7, 11) is 1.65. The Balaban J connectivity index is 2.08. The van der Waals surface area contributed by atoms with E-state index in [9.17, 15) is 0 Å². The van der Waals surface area contributed by atoms with Crippen LogP contribution >= 0.6 is 12.2 Å². The van der Waals surface area contributed by atoms with Crippen LogP contribution in [0.3, 0.4) is 0 Å². The fourth-order valence-electron chi connectivity index (χ4n) is 2.17. The second-order valence-electron chi connectivity index (χ2n) is 4.53. The third kappa shape index (κ3) is 2.56. The van der Waals surface area contributed by atoms with Gasteiger partial charge in [-0.3, -0.25) is 4.99 Å². The van der Waals surface area contributed by atoms with Gasteiger partial charge < -0.3 is 10.1 Å². The highest BCUT2D eigenvalue weighted by Crippen LogP contribution is 2.32. The number of nitrogens with zero attached hydrogens (tertiary/aromatic N) is 1. The van der Waals surface area contributed by atoms with Gasteiger partial charge in [0.25, 0.3) is 0 Å². The van der Waals surface area contributed by atoms with Crippen molar-refractivity contribution in [2.45, 2.75) is 6.42 Å². The van der Waals surface area contributed by atoms with Crippen LogP contribution in [0.2, 0.25) is 0 Å². The normalized spacial score (nSPS) is 13.8. The van der Waals surface area contributed by atoms with E-state index >= 15 is 0 Å². The number of hydrogen-bond donors (Lipinski definition) is 1. The lowest BCUT2D eigenvalue weighted by Gasteiger charge is -2.07. The average molecular weight is 282 g/mol. The number of aliphatic imine (C=N–C) groups is 1. The van der Waals surface area contributed by atoms with Crippen molar-refractivity contribution in [1.82, 2.24) is 0 Å². The molecule has 1 aliphatic rings. The molecule has 3 nitrogen and oxygen atoms in total. The number of nitrogens with one attached hydrogen (secondary N) is 1. The fourth-order valence-corrected chi connectivity index (χ4v) is 2.41.